The van der Waals surface area contributed by atoms with Gasteiger partial charge in [-0.25, -0.2) is 4.98 Å². The van der Waals surface area contributed by atoms with Crippen LogP contribution in [0.5, 0.6) is 5.88 Å². The quantitative estimate of drug-likeness (QED) is 0.543. The van der Waals surface area contributed by atoms with Crippen molar-refractivity contribution in [2.75, 3.05) is 5.75 Å². The van der Waals surface area contributed by atoms with Gasteiger partial charge in [0.05, 0.1) is 23.8 Å². The first-order valence-corrected chi connectivity index (χ1v) is 11.1. The smallest absolute Gasteiger partial charge is 0.217 e. The Hall–Kier alpha value is -1.16. The molecular formula is C21H34N2OS. The lowest BCUT2D eigenvalue weighted by Crippen LogP contribution is -2.10. The second-order valence-electron chi connectivity index (χ2n) is 6.43. The van der Waals surface area contributed by atoms with Crippen molar-refractivity contribution in [1.82, 2.24) is 9.38 Å². The molecule has 0 unspecified atom stereocenters. The van der Waals surface area contributed by atoms with E-state index in [1.165, 1.54) is 50.5 Å². The van der Waals surface area contributed by atoms with Crippen LogP contribution in [0, 0.1) is 5.92 Å². The maximum absolute atomic E-state index is 6.15. The van der Waals surface area contributed by atoms with Crippen LogP contribution in [0.1, 0.15) is 84.1 Å². The number of pyridine rings is 1. The second-order valence-corrected chi connectivity index (χ2v) is 7.16. The van der Waals surface area contributed by atoms with Gasteiger partial charge in [-0.1, -0.05) is 53.0 Å². The third-order valence-electron chi connectivity index (χ3n) is 4.75. The molecule has 0 aliphatic heterocycles. The van der Waals surface area contributed by atoms with E-state index in [9.17, 15) is 0 Å². The minimum absolute atomic E-state index is 0.696. The Morgan fingerprint density at radius 3 is 2.44 bits per heavy atom. The van der Waals surface area contributed by atoms with Crippen LogP contribution in [-0.4, -0.2) is 15.1 Å². The predicted octanol–water partition coefficient (Wildman–Crippen LogP) is 6.87. The van der Waals surface area contributed by atoms with Crippen molar-refractivity contribution in [3.63, 3.8) is 0 Å². The molecule has 140 valence electrons. The molecule has 2 fully saturated rings. The highest BCUT2D eigenvalue weighted by atomic mass is 32.2. The van der Waals surface area contributed by atoms with E-state index in [1.54, 1.807) is 12.0 Å². The number of fused-ring (bicyclic) bond motifs is 1. The fourth-order valence-corrected chi connectivity index (χ4v) is 4.20. The first-order chi connectivity index (χ1) is 12.4. The zero-order valence-corrected chi connectivity index (χ0v) is 17.1. The fraction of sp³-hybridized carbons (Fsp3) is 0.667. The van der Waals surface area contributed by atoms with Gasteiger partial charge in [0.25, 0.3) is 0 Å². The van der Waals surface area contributed by atoms with Crippen LogP contribution in [0.2, 0.25) is 0 Å². The van der Waals surface area contributed by atoms with Gasteiger partial charge in [0, 0.05) is 11.3 Å². The van der Waals surface area contributed by atoms with Crippen LogP contribution >= 0.6 is 12.0 Å². The predicted molar refractivity (Wildman–Crippen MR) is 110 cm³/mol. The van der Waals surface area contributed by atoms with Gasteiger partial charge in [-0.3, -0.25) is 4.40 Å². The Morgan fingerprint density at radius 2 is 1.76 bits per heavy atom. The largest absolute Gasteiger partial charge is 0.407 e. The molecule has 4 heteroatoms. The lowest BCUT2D eigenvalue weighted by Gasteiger charge is -2.21. The molecule has 0 radical (unpaired) electrons. The number of imidazole rings is 1. The first-order valence-electron chi connectivity index (χ1n) is 10.2. The summed E-state index contributed by atoms with van der Waals surface area (Å²) >= 11 is 1.64. The molecule has 0 amide bonds. The van der Waals surface area contributed by atoms with E-state index in [0.29, 0.717) is 5.92 Å². The van der Waals surface area contributed by atoms with Crippen LogP contribution in [-0.2, 0) is 0 Å². The van der Waals surface area contributed by atoms with Crippen molar-refractivity contribution >= 4 is 17.6 Å². The van der Waals surface area contributed by atoms with Gasteiger partial charge in [-0.15, -0.1) is 0 Å². The highest BCUT2D eigenvalue weighted by Gasteiger charge is 2.28. The van der Waals surface area contributed by atoms with Gasteiger partial charge in [-0.05, 0) is 43.6 Å². The summed E-state index contributed by atoms with van der Waals surface area (Å²) < 4.78 is 8.25. The van der Waals surface area contributed by atoms with Crippen LogP contribution in [0.15, 0.2) is 24.7 Å². The number of hydrogen-bond acceptors (Lipinski definition) is 3. The molecule has 3 nitrogen and oxygen atoms in total. The fourth-order valence-electron chi connectivity index (χ4n) is 3.32. The lowest BCUT2D eigenvalue weighted by atomic mass is 9.91. The van der Waals surface area contributed by atoms with E-state index < -0.39 is 0 Å². The lowest BCUT2D eigenvalue weighted by molar-refractivity contribution is 0.388. The van der Waals surface area contributed by atoms with E-state index in [2.05, 4.69) is 21.5 Å². The third kappa shape index (κ3) is 5.40. The normalized spacial score (nSPS) is 17.3. The van der Waals surface area contributed by atoms with Crippen LogP contribution < -0.4 is 4.18 Å². The Balaban J connectivity index is 0.000000528. The zero-order valence-electron chi connectivity index (χ0n) is 16.3. The minimum atomic E-state index is 0.696. The summed E-state index contributed by atoms with van der Waals surface area (Å²) in [6.07, 6.45) is 13.3. The van der Waals surface area contributed by atoms with Crippen molar-refractivity contribution < 1.29 is 4.18 Å². The second kappa shape index (κ2) is 10.7. The number of aromatic nitrogens is 2. The van der Waals surface area contributed by atoms with Gasteiger partial charge in [-0.2, -0.15) is 0 Å². The van der Waals surface area contributed by atoms with E-state index in [1.807, 2.05) is 40.2 Å². The molecule has 2 saturated carbocycles. The van der Waals surface area contributed by atoms with Crippen molar-refractivity contribution in [1.29, 1.82) is 0 Å². The maximum Gasteiger partial charge on any atom is 0.217 e. The number of hydrogen-bond donors (Lipinski definition) is 0. The van der Waals surface area contributed by atoms with Crippen molar-refractivity contribution in [3.05, 3.63) is 30.2 Å². The molecule has 2 aromatic heterocycles. The average Bonchev–Trinajstić information content (AvgIpc) is 3.42. The average molecular weight is 363 g/mol. The summed E-state index contributed by atoms with van der Waals surface area (Å²) in [4.78, 5) is 4.25. The van der Waals surface area contributed by atoms with E-state index >= 15 is 0 Å². The highest BCUT2D eigenvalue weighted by molar-refractivity contribution is 7.95. The van der Waals surface area contributed by atoms with Gasteiger partial charge < -0.3 is 4.18 Å². The molecule has 0 bridgehead atoms. The highest BCUT2D eigenvalue weighted by Crippen LogP contribution is 2.45. The van der Waals surface area contributed by atoms with Gasteiger partial charge in [0.2, 0.25) is 5.88 Å². The molecule has 0 saturated heterocycles. The summed E-state index contributed by atoms with van der Waals surface area (Å²) in [5.41, 5.74) is 2.48. The molecule has 0 atom stereocenters. The topological polar surface area (TPSA) is 26.5 Å². The Labute approximate surface area is 157 Å². The molecule has 2 aliphatic rings. The SMILES string of the molecule is CC.CC.c1cc2cncn2c(OSCC2CCCCC2)c1C1CC1. The summed E-state index contributed by atoms with van der Waals surface area (Å²) in [5, 5.41) is 0. The molecule has 0 aromatic carbocycles. The molecule has 0 N–H and O–H groups in total. The Kier molecular flexibility index (Phi) is 8.66. The van der Waals surface area contributed by atoms with Gasteiger partial charge in [0.1, 0.15) is 6.33 Å². The molecule has 2 heterocycles. The van der Waals surface area contributed by atoms with Crippen LogP contribution in [0.4, 0.5) is 0 Å². The molecule has 4 rings (SSSR count). The minimum Gasteiger partial charge on any atom is -0.407 e. The van der Waals surface area contributed by atoms with Gasteiger partial charge in [0.15, 0.2) is 0 Å². The number of nitrogens with zero attached hydrogens (tertiary/aromatic N) is 2. The van der Waals surface area contributed by atoms with E-state index in [4.69, 9.17) is 4.18 Å². The van der Waals surface area contributed by atoms with Crippen molar-refractivity contribution in [2.24, 2.45) is 5.92 Å². The molecule has 2 aromatic rings. The summed E-state index contributed by atoms with van der Waals surface area (Å²) in [5.74, 6) is 3.67. The summed E-state index contributed by atoms with van der Waals surface area (Å²) in [6.45, 7) is 8.00. The Morgan fingerprint density at radius 1 is 1.04 bits per heavy atom. The Bertz CT molecular complexity index is 615. The molecule has 0 spiro atoms. The molecule has 25 heavy (non-hydrogen) atoms. The molecule has 2 aliphatic carbocycles. The summed E-state index contributed by atoms with van der Waals surface area (Å²) in [7, 11) is 0. The van der Waals surface area contributed by atoms with Crippen molar-refractivity contribution in [3.8, 4) is 5.88 Å². The monoisotopic (exact) mass is 362 g/mol. The third-order valence-corrected chi connectivity index (χ3v) is 5.63. The maximum atomic E-state index is 6.15. The van der Waals surface area contributed by atoms with Crippen molar-refractivity contribution in [2.45, 2.75) is 78.6 Å². The van der Waals surface area contributed by atoms with Crippen LogP contribution in [0.3, 0.4) is 0 Å². The molecular weight excluding hydrogens is 328 g/mol. The van der Waals surface area contributed by atoms with E-state index in [0.717, 1.165) is 23.1 Å². The first kappa shape index (κ1) is 20.2. The zero-order chi connectivity index (χ0) is 18.1. The standard InChI is InChI=1S/C17H22N2OS.2C2H6/c1-2-4-13(5-3-1)11-21-20-17-16(14-6-7-14)9-8-15-10-18-12-19(15)17;2*1-2/h8-10,12-14H,1-7,11H2;2*1-2H3. The van der Waals surface area contributed by atoms with E-state index in [-0.39, 0.29) is 0 Å². The van der Waals surface area contributed by atoms with Gasteiger partial charge >= 0.3 is 0 Å². The van der Waals surface area contributed by atoms with Crippen LogP contribution in [0.25, 0.3) is 5.52 Å². The summed E-state index contributed by atoms with van der Waals surface area (Å²) in [6, 6.07) is 4.38. The number of rotatable bonds is 5.